The van der Waals surface area contributed by atoms with E-state index < -0.39 is 71.9 Å². The third-order valence-corrected chi connectivity index (χ3v) is 5.95. The first kappa shape index (κ1) is 27.7. The minimum atomic E-state index is -1.75. The predicted molar refractivity (Wildman–Crippen MR) is 131 cm³/mol. The number of carbonyl (C=O) groups is 2. The van der Waals surface area contributed by atoms with Crippen molar-refractivity contribution in [3.63, 3.8) is 0 Å². The second-order valence-corrected chi connectivity index (χ2v) is 8.67. The van der Waals surface area contributed by atoms with E-state index in [1.165, 1.54) is 7.11 Å². The Kier molecular flexibility index (Phi) is 7.95. The molecule has 13 nitrogen and oxygen atoms in total. The lowest BCUT2D eigenvalue weighted by Gasteiger charge is -2.41. The van der Waals surface area contributed by atoms with E-state index in [2.05, 4.69) is 0 Å². The molecule has 3 aromatic rings. The molecule has 0 radical (unpaired) electrons. The minimum absolute atomic E-state index is 0.137. The van der Waals surface area contributed by atoms with Crippen LogP contribution in [0.2, 0.25) is 0 Å². The monoisotopic (exact) mass is 546 g/mol. The highest BCUT2D eigenvalue weighted by atomic mass is 16.7. The molecule has 1 aliphatic heterocycles. The molecule has 2 heterocycles. The molecule has 39 heavy (non-hydrogen) atoms. The van der Waals surface area contributed by atoms with E-state index in [0.29, 0.717) is 11.3 Å². The molecule has 5 atom stereocenters. The molecule has 0 saturated carbocycles. The Hall–Kier alpha value is -4.33. The van der Waals surface area contributed by atoms with Gasteiger partial charge in [-0.25, -0.2) is 0 Å². The Balaban J connectivity index is 1.73. The maximum atomic E-state index is 12.8. The molecule has 0 aliphatic carbocycles. The third-order valence-electron chi connectivity index (χ3n) is 5.95. The number of fused-ring (bicyclic) bond motifs is 1. The summed E-state index contributed by atoms with van der Waals surface area (Å²) in [7, 11) is 1.50. The molecule has 208 valence electrons. The van der Waals surface area contributed by atoms with Gasteiger partial charge in [-0.2, -0.15) is 0 Å². The fourth-order valence-corrected chi connectivity index (χ4v) is 4.04. The molecule has 0 amide bonds. The van der Waals surface area contributed by atoms with Gasteiger partial charge in [0, 0.05) is 31.5 Å². The van der Waals surface area contributed by atoms with Crippen molar-refractivity contribution < 1.29 is 58.1 Å². The standard InChI is InChI=1S/C26H26O13/c1-11(27)35-10-19-22(31)24(33)25(36-12(2)28)26(39-19)38-18-9-17-20(23(32)21(18)30)15(29)8-16(37-17)13-4-6-14(34-3)7-5-13/h4-9,19,22,24-26,30-33H,10H2,1-3H3/t19?,22-,24+,25?,26-/m1/s1. The summed E-state index contributed by atoms with van der Waals surface area (Å²) < 4.78 is 32.1. The Morgan fingerprint density at radius 1 is 0.974 bits per heavy atom. The van der Waals surface area contributed by atoms with Gasteiger partial charge in [-0.3, -0.25) is 14.4 Å². The predicted octanol–water partition coefficient (Wildman–Crippen LogP) is 1.20. The number of hydrogen-bond acceptors (Lipinski definition) is 13. The number of phenols is 2. The van der Waals surface area contributed by atoms with E-state index in [1.54, 1.807) is 24.3 Å². The summed E-state index contributed by atoms with van der Waals surface area (Å²) in [5, 5.41) is 41.9. The Bertz CT molecular complexity index is 1430. The van der Waals surface area contributed by atoms with E-state index in [9.17, 15) is 34.8 Å². The Labute approximate surface area is 220 Å². The summed E-state index contributed by atoms with van der Waals surface area (Å²) in [6, 6.07) is 8.85. The highest BCUT2D eigenvalue weighted by Gasteiger charge is 2.48. The number of hydrogen-bond donors (Lipinski definition) is 4. The van der Waals surface area contributed by atoms with Gasteiger partial charge in [-0.15, -0.1) is 0 Å². The summed E-state index contributed by atoms with van der Waals surface area (Å²) >= 11 is 0. The van der Waals surface area contributed by atoms with Crippen LogP contribution in [0, 0.1) is 0 Å². The number of rotatable bonds is 7. The number of aromatic hydroxyl groups is 2. The summed E-state index contributed by atoms with van der Waals surface area (Å²) in [5.74, 6) is -3.00. The number of carbonyl (C=O) groups excluding carboxylic acids is 2. The maximum absolute atomic E-state index is 12.8. The number of aliphatic hydroxyl groups excluding tert-OH is 2. The maximum Gasteiger partial charge on any atom is 0.303 e. The molecule has 0 spiro atoms. The molecular weight excluding hydrogens is 520 g/mol. The lowest BCUT2D eigenvalue weighted by atomic mass is 9.99. The zero-order chi connectivity index (χ0) is 28.4. The van der Waals surface area contributed by atoms with Gasteiger partial charge < -0.3 is 48.5 Å². The first-order chi connectivity index (χ1) is 18.5. The van der Waals surface area contributed by atoms with E-state index in [1.807, 2.05) is 0 Å². The van der Waals surface area contributed by atoms with Crippen LogP contribution in [0.15, 0.2) is 45.6 Å². The van der Waals surface area contributed by atoms with Gasteiger partial charge in [-0.1, -0.05) is 0 Å². The lowest BCUT2D eigenvalue weighted by Crippen LogP contribution is -2.61. The van der Waals surface area contributed by atoms with Crippen molar-refractivity contribution >= 4 is 22.9 Å². The van der Waals surface area contributed by atoms with Gasteiger partial charge in [-0.05, 0) is 24.3 Å². The van der Waals surface area contributed by atoms with Crippen molar-refractivity contribution in [1.29, 1.82) is 0 Å². The summed E-state index contributed by atoms with van der Waals surface area (Å²) in [6.07, 6.45) is -7.95. The summed E-state index contributed by atoms with van der Waals surface area (Å²) in [6.45, 7) is 1.70. The molecule has 2 unspecified atom stereocenters. The molecule has 0 bridgehead atoms. The van der Waals surface area contributed by atoms with E-state index in [4.69, 9.17) is 28.1 Å². The zero-order valence-electron chi connectivity index (χ0n) is 21.0. The highest BCUT2D eigenvalue weighted by Crippen LogP contribution is 2.43. The Morgan fingerprint density at radius 2 is 1.67 bits per heavy atom. The van der Waals surface area contributed by atoms with Gasteiger partial charge in [0.15, 0.2) is 23.0 Å². The number of methoxy groups -OCH3 is 1. The van der Waals surface area contributed by atoms with Gasteiger partial charge >= 0.3 is 11.9 Å². The molecule has 1 aromatic heterocycles. The average Bonchev–Trinajstić information content (AvgIpc) is 2.89. The van der Waals surface area contributed by atoms with E-state index in [-0.39, 0.29) is 16.7 Å². The van der Waals surface area contributed by atoms with Gasteiger partial charge in [0.1, 0.15) is 47.4 Å². The fourth-order valence-electron chi connectivity index (χ4n) is 4.04. The zero-order valence-corrected chi connectivity index (χ0v) is 21.0. The van der Waals surface area contributed by atoms with Crippen LogP contribution in [-0.4, -0.2) is 76.8 Å². The number of aliphatic hydroxyl groups is 2. The summed E-state index contributed by atoms with van der Waals surface area (Å²) in [4.78, 5) is 35.7. The molecule has 1 fully saturated rings. The number of esters is 2. The number of benzene rings is 2. The molecule has 13 heteroatoms. The van der Waals surface area contributed by atoms with Gasteiger partial charge in [0.2, 0.25) is 12.0 Å². The van der Waals surface area contributed by atoms with Crippen LogP contribution in [0.1, 0.15) is 13.8 Å². The largest absolute Gasteiger partial charge is 0.504 e. The van der Waals surface area contributed by atoms with Crippen LogP contribution in [-0.2, 0) is 23.8 Å². The van der Waals surface area contributed by atoms with Crippen LogP contribution in [0.25, 0.3) is 22.3 Å². The molecule has 4 N–H and O–H groups in total. The molecule has 1 saturated heterocycles. The number of phenolic OH excluding ortho intramolecular Hbond substituents is 2. The fraction of sp³-hybridized carbons (Fsp3) is 0.346. The molecule has 1 aliphatic rings. The topological polar surface area (TPSA) is 191 Å². The average molecular weight is 546 g/mol. The van der Waals surface area contributed by atoms with Crippen LogP contribution in [0.3, 0.4) is 0 Å². The SMILES string of the molecule is COc1ccc(-c2cc(=O)c3c(O)c(O)c(O[C@@H]4OC(COC(C)=O)[C@@H](O)[C@H](O)C4OC(C)=O)cc3o2)cc1. The van der Waals surface area contributed by atoms with Crippen molar-refractivity contribution in [2.75, 3.05) is 13.7 Å². The summed E-state index contributed by atoms with van der Waals surface area (Å²) in [5.41, 5.74) is -0.315. The van der Waals surface area contributed by atoms with Crippen LogP contribution in [0.4, 0.5) is 0 Å². The number of ether oxygens (including phenoxy) is 5. The minimum Gasteiger partial charge on any atom is -0.504 e. The van der Waals surface area contributed by atoms with E-state index >= 15 is 0 Å². The second-order valence-electron chi connectivity index (χ2n) is 8.67. The van der Waals surface area contributed by atoms with Crippen LogP contribution in [0.5, 0.6) is 23.0 Å². The van der Waals surface area contributed by atoms with Crippen molar-refractivity contribution in [2.24, 2.45) is 0 Å². The molecule has 4 rings (SSSR count). The van der Waals surface area contributed by atoms with Crippen molar-refractivity contribution in [3.05, 3.63) is 46.6 Å². The lowest BCUT2D eigenvalue weighted by molar-refractivity contribution is -0.282. The smallest absolute Gasteiger partial charge is 0.303 e. The Morgan fingerprint density at radius 3 is 2.28 bits per heavy atom. The quantitative estimate of drug-likeness (QED) is 0.244. The van der Waals surface area contributed by atoms with Crippen molar-refractivity contribution in [3.8, 4) is 34.3 Å². The highest BCUT2D eigenvalue weighted by molar-refractivity contribution is 5.89. The van der Waals surface area contributed by atoms with Gasteiger partial charge in [0.05, 0.1) is 7.11 Å². The first-order valence-electron chi connectivity index (χ1n) is 11.7. The van der Waals surface area contributed by atoms with Crippen LogP contribution < -0.4 is 14.9 Å². The second kappa shape index (κ2) is 11.2. The van der Waals surface area contributed by atoms with Crippen LogP contribution >= 0.6 is 0 Å². The van der Waals surface area contributed by atoms with E-state index in [0.717, 1.165) is 26.0 Å². The van der Waals surface area contributed by atoms with Crippen molar-refractivity contribution in [1.82, 2.24) is 0 Å². The normalized spacial score (nSPS) is 22.7. The first-order valence-corrected chi connectivity index (χ1v) is 11.7. The van der Waals surface area contributed by atoms with Crippen molar-refractivity contribution in [2.45, 2.75) is 44.6 Å². The molecular formula is C26H26O13. The third kappa shape index (κ3) is 5.74. The molecule has 2 aromatic carbocycles. The van der Waals surface area contributed by atoms with Gasteiger partial charge in [0.25, 0.3) is 0 Å².